The van der Waals surface area contributed by atoms with Gasteiger partial charge >= 0.3 is 0 Å². The minimum Gasteiger partial charge on any atom is -0.465 e. The molecule has 2 aromatic rings. The Morgan fingerprint density at radius 3 is 2.88 bits per heavy atom. The molecular formula is C12H13FN2O. The van der Waals surface area contributed by atoms with Gasteiger partial charge in [-0.05, 0) is 31.2 Å². The average Bonchev–Trinajstić information content (AvgIpc) is 2.67. The highest BCUT2D eigenvalue weighted by molar-refractivity contribution is 5.08. The van der Waals surface area contributed by atoms with Crippen molar-refractivity contribution in [2.75, 3.05) is 0 Å². The van der Waals surface area contributed by atoms with E-state index in [0.717, 1.165) is 11.5 Å². The van der Waals surface area contributed by atoms with E-state index in [4.69, 9.17) is 4.42 Å². The van der Waals surface area contributed by atoms with Crippen molar-refractivity contribution in [2.24, 2.45) is 0 Å². The zero-order valence-electron chi connectivity index (χ0n) is 9.03. The molecule has 0 aliphatic carbocycles. The highest BCUT2D eigenvalue weighted by Gasteiger charge is 2.02. The zero-order valence-corrected chi connectivity index (χ0v) is 9.03. The number of aromatic nitrogens is 1. The Bertz CT molecular complexity index is 468. The summed E-state index contributed by atoms with van der Waals surface area (Å²) in [5.41, 5.74) is 0.422. The molecule has 3 nitrogen and oxygen atoms in total. The van der Waals surface area contributed by atoms with E-state index in [9.17, 15) is 4.39 Å². The van der Waals surface area contributed by atoms with Gasteiger partial charge in [0.25, 0.3) is 0 Å². The first-order chi connectivity index (χ1) is 7.75. The van der Waals surface area contributed by atoms with Crippen LogP contribution in [0.4, 0.5) is 4.39 Å². The number of hydrogen-bond acceptors (Lipinski definition) is 3. The summed E-state index contributed by atoms with van der Waals surface area (Å²) in [5, 5.41) is 3.08. The van der Waals surface area contributed by atoms with Crippen LogP contribution in [0.5, 0.6) is 0 Å². The predicted octanol–water partition coefficient (Wildman–Crippen LogP) is 2.41. The summed E-state index contributed by atoms with van der Waals surface area (Å²) in [7, 11) is 0. The van der Waals surface area contributed by atoms with E-state index >= 15 is 0 Å². The lowest BCUT2D eigenvalue weighted by Gasteiger charge is -2.02. The third kappa shape index (κ3) is 2.67. The molecular weight excluding hydrogens is 207 g/mol. The van der Waals surface area contributed by atoms with Crippen LogP contribution in [0.2, 0.25) is 0 Å². The maximum Gasteiger partial charge on any atom is 0.146 e. The summed E-state index contributed by atoms with van der Waals surface area (Å²) in [5.74, 6) is 1.43. The monoisotopic (exact) mass is 220 g/mol. The highest BCUT2D eigenvalue weighted by atomic mass is 19.1. The minimum atomic E-state index is -0.286. The molecule has 0 atom stereocenters. The first-order valence-corrected chi connectivity index (χ1v) is 5.11. The number of rotatable bonds is 4. The number of nitrogens with one attached hydrogen (secondary N) is 1. The quantitative estimate of drug-likeness (QED) is 0.859. The number of halogens is 1. The maximum absolute atomic E-state index is 13.2. The second kappa shape index (κ2) is 4.90. The van der Waals surface area contributed by atoms with Crippen molar-refractivity contribution >= 4 is 0 Å². The van der Waals surface area contributed by atoms with Crippen molar-refractivity contribution in [3.05, 3.63) is 53.5 Å². The maximum atomic E-state index is 13.2. The molecule has 84 valence electrons. The van der Waals surface area contributed by atoms with Crippen LogP contribution < -0.4 is 5.32 Å². The second-order valence-electron chi connectivity index (χ2n) is 3.55. The van der Waals surface area contributed by atoms with Crippen molar-refractivity contribution in [3.8, 4) is 0 Å². The van der Waals surface area contributed by atoms with Gasteiger partial charge in [0.2, 0.25) is 0 Å². The third-order valence-corrected chi connectivity index (χ3v) is 2.22. The lowest BCUT2D eigenvalue weighted by molar-refractivity contribution is 0.458. The van der Waals surface area contributed by atoms with E-state index < -0.39 is 0 Å². The fraction of sp³-hybridized carbons (Fsp3) is 0.250. The van der Waals surface area contributed by atoms with Crippen LogP contribution in [0.25, 0.3) is 0 Å². The fourth-order valence-electron chi connectivity index (χ4n) is 1.43. The van der Waals surface area contributed by atoms with Crippen molar-refractivity contribution in [3.63, 3.8) is 0 Å². The molecule has 0 spiro atoms. The number of aryl methyl sites for hydroxylation is 1. The largest absolute Gasteiger partial charge is 0.465 e. The van der Waals surface area contributed by atoms with E-state index in [1.807, 2.05) is 19.1 Å². The van der Waals surface area contributed by atoms with E-state index in [0.29, 0.717) is 18.8 Å². The van der Waals surface area contributed by atoms with Crippen molar-refractivity contribution in [1.29, 1.82) is 0 Å². The van der Waals surface area contributed by atoms with Gasteiger partial charge in [-0.25, -0.2) is 4.39 Å². The summed E-state index contributed by atoms with van der Waals surface area (Å²) in [6.07, 6.45) is 1.58. The standard InChI is InChI=1S/C12H13FN2O/c1-9-4-5-10(16-9)7-14-8-12-11(13)3-2-6-15-12/h2-6,14H,7-8H2,1H3. The van der Waals surface area contributed by atoms with Crippen LogP contribution in [0.3, 0.4) is 0 Å². The van der Waals surface area contributed by atoms with Crippen LogP contribution >= 0.6 is 0 Å². The molecule has 0 aliphatic rings. The van der Waals surface area contributed by atoms with Crippen LogP contribution in [0, 0.1) is 12.7 Å². The summed E-state index contributed by atoms with van der Waals surface area (Å²) in [6.45, 7) is 2.86. The van der Waals surface area contributed by atoms with Gasteiger partial charge in [-0.15, -0.1) is 0 Å². The number of pyridine rings is 1. The summed E-state index contributed by atoms with van der Waals surface area (Å²) >= 11 is 0. The molecule has 0 aliphatic heterocycles. The summed E-state index contributed by atoms with van der Waals surface area (Å²) in [6, 6.07) is 6.78. The van der Waals surface area contributed by atoms with Gasteiger partial charge in [0, 0.05) is 12.7 Å². The average molecular weight is 220 g/mol. The molecule has 0 fully saturated rings. The Hall–Kier alpha value is -1.68. The van der Waals surface area contributed by atoms with Gasteiger partial charge in [0.1, 0.15) is 17.3 Å². The normalized spacial score (nSPS) is 10.6. The van der Waals surface area contributed by atoms with Gasteiger partial charge < -0.3 is 9.73 Å². The van der Waals surface area contributed by atoms with Gasteiger partial charge in [0.15, 0.2) is 0 Å². The molecule has 2 rings (SSSR count). The van der Waals surface area contributed by atoms with Gasteiger partial charge in [-0.3, -0.25) is 4.98 Å². The van der Waals surface area contributed by atoms with Crippen LogP contribution in [0.15, 0.2) is 34.9 Å². The topological polar surface area (TPSA) is 38.1 Å². The molecule has 0 saturated carbocycles. The predicted molar refractivity (Wildman–Crippen MR) is 58.2 cm³/mol. The molecule has 0 radical (unpaired) electrons. The molecule has 2 heterocycles. The Morgan fingerprint density at radius 1 is 1.31 bits per heavy atom. The lowest BCUT2D eigenvalue weighted by Crippen LogP contribution is -2.14. The first kappa shape index (κ1) is 10.8. The second-order valence-corrected chi connectivity index (χ2v) is 3.55. The van der Waals surface area contributed by atoms with E-state index in [-0.39, 0.29) is 5.82 Å². The molecule has 0 bridgehead atoms. The van der Waals surface area contributed by atoms with E-state index in [2.05, 4.69) is 10.3 Å². The van der Waals surface area contributed by atoms with E-state index in [1.54, 1.807) is 12.3 Å². The molecule has 1 N–H and O–H groups in total. The fourth-order valence-corrected chi connectivity index (χ4v) is 1.43. The van der Waals surface area contributed by atoms with Gasteiger partial charge in [-0.1, -0.05) is 0 Å². The SMILES string of the molecule is Cc1ccc(CNCc2ncccc2F)o1. The molecule has 16 heavy (non-hydrogen) atoms. The summed E-state index contributed by atoms with van der Waals surface area (Å²) < 4.78 is 18.6. The van der Waals surface area contributed by atoms with Crippen molar-refractivity contribution in [1.82, 2.24) is 10.3 Å². The van der Waals surface area contributed by atoms with Crippen molar-refractivity contribution < 1.29 is 8.81 Å². The van der Waals surface area contributed by atoms with Crippen molar-refractivity contribution in [2.45, 2.75) is 20.0 Å². The molecule has 2 aromatic heterocycles. The number of nitrogens with zero attached hydrogens (tertiary/aromatic N) is 1. The smallest absolute Gasteiger partial charge is 0.146 e. The Labute approximate surface area is 93.3 Å². The molecule has 0 aromatic carbocycles. The van der Waals surface area contributed by atoms with Crippen LogP contribution in [-0.2, 0) is 13.1 Å². The highest BCUT2D eigenvalue weighted by Crippen LogP contribution is 2.06. The Kier molecular flexibility index (Phi) is 3.31. The van der Waals surface area contributed by atoms with Crippen LogP contribution in [0.1, 0.15) is 17.2 Å². The molecule has 0 amide bonds. The molecule has 4 heteroatoms. The van der Waals surface area contributed by atoms with Gasteiger partial charge in [0.05, 0.1) is 12.2 Å². The first-order valence-electron chi connectivity index (χ1n) is 5.11. The van der Waals surface area contributed by atoms with Gasteiger partial charge in [-0.2, -0.15) is 0 Å². The number of hydrogen-bond donors (Lipinski definition) is 1. The lowest BCUT2D eigenvalue weighted by atomic mass is 10.3. The molecule has 0 unspecified atom stereocenters. The minimum absolute atomic E-state index is 0.286. The zero-order chi connectivity index (χ0) is 11.4. The third-order valence-electron chi connectivity index (χ3n) is 2.22. The Balaban J connectivity index is 1.87. The van der Waals surface area contributed by atoms with Crippen LogP contribution in [-0.4, -0.2) is 4.98 Å². The number of furan rings is 1. The summed E-state index contributed by atoms with van der Waals surface area (Å²) in [4.78, 5) is 3.95. The Morgan fingerprint density at radius 2 is 2.19 bits per heavy atom. The molecule has 0 saturated heterocycles. The van der Waals surface area contributed by atoms with E-state index in [1.165, 1.54) is 6.07 Å².